The standard InChI is InChI=1S/C14H15N3O2/c1-9-15-11-6-4-3-5-10(11)8-17(9)12-7-13(18)16(2)14(12)19/h3-7,18-19H,8H2,1-2H3. The lowest BCUT2D eigenvalue weighted by molar-refractivity contribution is 0.387. The number of fused-ring (bicyclic) bond motifs is 1. The number of rotatable bonds is 1. The number of hydrogen-bond donors (Lipinski definition) is 2. The second-order valence-electron chi connectivity index (χ2n) is 4.64. The zero-order valence-corrected chi connectivity index (χ0v) is 10.8. The highest BCUT2D eigenvalue weighted by atomic mass is 16.3. The maximum atomic E-state index is 10.0. The smallest absolute Gasteiger partial charge is 0.218 e. The van der Waals surface area contributed by atoms with Gasteiger partial charge in [-0.2, -0.15) is 0 Å². The maximum Gasteiger partial charge on any atom is 0.218 e. The van der Waals surface area contributed by atoms with Crippen LogP contribution in [-0.4, -0.2) is 20.6 Å². The zero-order valence-electron chi connectivity index (χ0n) is 10.8. The number of aliphatic imine (C=N–C) groups is 1. The topological polar surface area (TPSA) is 61.0 Å². The lowest BCUT2D eigenvalue weighted by Crippen LogP contribution is -2.30. The summed E-state index contributed by atoms with van der Waals surface area (Å²) < 4.78 is 1.34. The zero-order chi connectivity index (χ0) is 13.6. The van der Waals surface area contributed by atoms with Crippen LogP contribution in [0.25, 0.3) is 0 Å². The highest BCUT2D eigenvalue weighted by Crippen LogP contribution is 2.37. The van der Waals surface area contributed by atoms with Crippen LogP contribution < -0.4 is 4.90 Å². The largest absolute Gasteiger partial charge is 0.494 e. The summed E-state index contributed by atoms with van der Waals surface area (Å²) in [6.07, 6.45) is 0. The minimum atomic E-state index is 0.0270. The normalized spacial score (nSPS) is 14.2. The van der Waals surface area contributed by atoms with E-state index in [1.54, 1.807) is 13.1 Å². The molecule has 0 fully saturated rings. The number of anilines is 1. The molecular weight excluding hydrogens is 242 g/mol. The van der Waals surface area contributed by atoms with Gasteiger partial charge in [-0.3, -0.25) is 4.57 Å². The van der Waals surface area contributed by atoms with Crippen molar-refractivity contribution < 1.29 is 10.2 Å². The molecule has 0 radical (unpaired) electrons. The quantitative estimate of drug-likeness (QED) is 0.825. The van der Waals surface area contributed by atoms with Crippen molar-refractivity contribution in [3.05, 3.63) is 35.9 Å². The van der Waals surface area contributed by atoms with Gasteiger partial charge in [0.15, 0.2) is 5.88 Å². The van der Waals surface area contributed by atoms with Crippen LogP contribution in [0.4, 0.5) is 11.4 Å². The SMILES string of the molecule is CC1=Nc2ccccc2CN1c1cc(O)n(C)c1O. The predicted molar refractivity (Wildman–Crippen MR) is 74.1 cm³/mol. The molecule has 0 atom stereocenters. The summed E-state index contributed by atoms with van der Waals surface area (Å²) >= 11 is 0. The average molecular weight is 257 g/mol. The van der Waals surface area contributed by atoms with Gasteiger partial charge in [-0.15, -0.1) is 0 Å². The summed E-state index contributed by atoms with van der Waals surface area (Å²) in [6, 6.07) is 9.45. The van der Waals surface area contributed by atoms with Gasteiger partial charge in [0.25, 0.3) is 0 Å². The second kappa shape index (κ2) is 4.05. The van der Waals surface area contributed by atoms with Crippen LogP contribution in [0.5, 0.6) is 11.8 Å². The fourth-order valence-electron chi connectivity index (χ4n) is 2.30. The van der Waals surface area contributed by atoms with Crippen molar-refractivity contribution in [2.24, 2.45) is 12.0 Å². The van der Waals surface area contributed by atoms with Gasteiger partial charge >= 0.3 is 0 Å². The van der Waals surface area contributed by atoms with Gasteiger partial charge < -0.3 is 15.1 Å². The molecule has 19 heavy (non-hydrogen) atoms. The first-order chi connectivity index (χ1) is 9.08. The molecule has 1 aromatic carbocycles. The Balaban J connectivity index is 2.07. The van der Waals surface area contributed by atoms with Crippen LogP contribution in [0.2, 0.25) is 0 Å². The van der Waals surface area contributed by atoms with E-state index >= 15 is 0 Å². The summed E-state index contributed by atoms with van der Waals surface area (Å²) in [5.41, 5.74) is 2.61. The molecule has 0 aliphatic carbocycles. The fourth-order valence-corrected chi connectivity index (χ4v) is 2.30. The number of aromatic hydroxyl groups is 2. The molecule has 1 aliphatic heterocycles. The molecule has 0 unspecified atom stereocenters. The van der Waals surface area contributed by atoms with Crippen molar-refractivity contribution in [1.29, 1.82) is 0 Å². The Labute approximate surface area is 111 Å². The average Bonchev–Trinajstić information content (AvgIpc) is 2.66. The van der Waals surface area contributed by atoms with Crippen LogP contribution in [0.3, 0.4) is 0 Å². The number of nitrogens with zero attached hydrogens (tertiary/aromatic N) is 3. The first kappa shape index (κ1) is 11.6. The van der Waals surface area contributed by atoms with Crippen molar-refractivity contribution in [2.45, 2.75) is 13.5 Å². The first-order valence-corrected chi connectivity index (χ1v) is 6.06. The summed E-state index contributed by atoms with van der Waals surface area (Å²) in [5.74, 6) is 0.852. The minimum Gasteiger partial charge on any atom is -0.494 e. The Morgan fingerprint density at radius 3 is 2.63 bits per heavy atom. The van der Waals surface area contributed by atoms with Gasteiger partial charge in [-0.25, -0.2) is 4.99 Å². The number of amidine groups is 1. The fraction of sp³-hybridized carbons (Fsp3) is 0.214. The predicted octanol–water partition coefficient (Wildman–Crippen LogP) is 2.51. The third-order valence-corrected chi connectivity index (χ3v) is 3.44. The molecule has 0 bridgehead atoms. The molecule has 0 saturated heterocycles. The molecule has 5 nitrogen and oxygen atoms in total. The summed E-state index contributed by atoms with van der Waals surface area (Å²) in [7, 11) is 1.61. The lowest BCUT2D eigenvalue weighted by atomic mass is 10.1. The molecule has 98 valence electrons. The third-order valence-electron chi connectivity index (χ3n) is 3.44. The van der Waals surface area contributed by atoms with Crippen molar-refractivity contribution >= 4 is 17.2 Å². The first-order valence-electron chi connectivity index (χ1n) is 6.06. The van der Waals surface area contributed by atoms with Gasteiger partial charge in [0.1, 0.15) is 11.5 Å². The van der Waals surface area contributed by atoms with E-state index < -0.39 is 0 Å². The Morgan fingerprint density at radius 2 is 1.95 bits per heavy atom. The van der Waals surface area contributed by atoms with Crippen LogP contribution in [0, 0.1) is 0 Å². The number of hydrogen-bond acceptors (Lipinski definition) is 4. The number of aromatic nitrogens is 1. The number of para-hydroxylation sites is 1. The highest BCUT2D eigenvalue weighted by molar-refractivity contribution is 6.00. The number of benzene rings is 1. The summed E-state index contributed by atoms with van der Waals surface area (Å²) in [5, 5.41) is 19.7. The Bertz CT molecular complexity index is 673. The van der Waals surface area contributed by atoms with E-state index in [-0.39, 0.29) is 11.8 Å². The van der Waals surface area contributed by atoms with E-state index in [1.165, 1.54) is 4.57 Å². The van der Waals surface area contributed by atoms with Gasteiger partial charge in [0.05, 0.1) is 12.2 Å². The van der Waals surface area contributed by atoms with Crippen LogP contribution in [-0.2, 0) is 13.6 Å². The van der Waals surface area contributed by atoms with Crippen LogP contribution >= 0.6 is 0 Å². The molecule has 0 spiro atoms. The molecule has 3 rings (SSSR count). The third kappa shape index (κ3) is 1.74. The van der Waals surface area contributed by atoms with Gasteiger partial charge in [0.2, 0.25) is 5.88 Å². The van der Waals surface area contributed by atoms with E-state index in [0.29, 0.717) is 12.2 Å². The molecule has 5 heteroatoms. The molecule has 0 saturated carbocycles. The van der Waals surface area contributed by atoms with Gasteiger partial charge in [-0.05, 0) is 18.6 Å². The van der Waals surface area contributed by atoms with Gasteiger partial charge in [0, 0.05) is 13.1 Å². The van der Waals surface area contributed by atoms with Crippen LogP contribution in [0.1, 0.15) is 12.5 Å². The van der Waals surface area contributed by atoms with Crippen molar-refractivity contribution in [1.82, 2.24) is 4.57 Å². The van der Waals surface area contributed by atoms with E-state index in [1.807, 2.05) is 36.1 Å². The molecular formula is C14H15N3O2. The minimum absolute atomic E-state index is 0.0270. The van der Waals surface area contributed by atoms with E-state index in [0.717, 1.165) is 17.1 Å². The summed E-state index contributed by atoms with van der Waals surface area (Å²) in [4.78, 5) is 6.41. The lowest BCUT2D eigenvalue weighted by Gasteiger charge is -2.28. The van der Waals surface area contributed by atoms with Crippen molar-refractivity contribution in [3.8, 4) is 11.8 Å². The van der Waals surface area contributed by atoms with E-state index in [2.05, 4.69) is 4.99 Å². The Hall–Kier alpha value is -2.43. The molecule has 1 aromatic heterocycles. The molecule has 2 aromatic rings. The molecule has 1 aliphatic rings. The second-order valence-corrected chi connectivity index (χ2v) is 4.64. The van der Waals surface area contributed by atoms with Crippen molar-refractivity contribution in [3.63, 3.8) is 0 Å². The maximum absolute atomic E-state index is 10.0. The molecule has 2 heterocycles. The Morgan fingerprint density at radius 1 is 1.21 bits per heavy atom. The monoisotopic (exact) mass is 257 g/mol. The van der Waals surface area contributed by atoms with Crippen LogP contribution in [0.15, 0.2) is 35.3 Å². The Kier molecular flexibility index (Phi) is 2.48. The molecule has 2 N–H and O–H groups in total. The van der Waals surface area contributed by atoms with E-state index in [9.17, 15) is 10.2 Å². The van der Waals surface area contributed by atoms with Gasteiger partial charge in [-0.1, -0.05) is 18.2 Å². The van der Waals surface area contributed by atoms with Crippen molar-refractivity contribution in [2.75, 3.05) is 4.90 Å². The van der Waals surface area contributed by atoms with E-state index in [4.69, 9.17) is 0 Å². The molecule has 0 amide bonds. The summed E-state index contributed by atoms with van der Waals surface area (Å²) in [6.45, 7) is 2.52. The highest BCUT2D eigenvalue weighted by Gasteiger charge is 2.23.